The van der Waals surface area contributed by atoms with E-state index in [2.05, 4.69) is 20.4 Å². The van der Waals surface area contributed by atoms with E-state index in [1.807, 2.05) is 28.8 Å². The van der Waals surface area contributed by atoms with Crippen LogP contribution in [-0.4, -0.2) is 30.2 Å². The lowest BCUT2D eigenvalue weighted by Gasteiger charge is -2.12. The van der Waals surface area contributed by atoms with Gasteiger partial charge in [0.15, 0.2) is 0 Å². The first-order valence-corrected chi connectivity index (χ1v) is 11.3. The zero-order valence-corrected chi connectivity index (χ0v) is 18.8. The number of rotatable bonds is 5. The number of fused-ring (bicyclic) bond motifs is 1. The predicted octanol–water partition coefficient (Wildman–Crippen LogP) is 5.75. The Morgan fingerprint density at radius 1 is 0.972 bits per heavy atom. The van der Waals surface area contributed by atoms with Crippen LogP contribution in [0.15, 0.2) is 79.4 Å². The molecule has 6 rings (SSSR count). The highest BCUT2D eigenvalue weighted by molar-refractivity contribution is 6.05. The molecular weight excluding hydrogens is 469 g/mol. The van der Waals surface area contributed by atoms with Crippen LogP contribution in [0.2, 0.25) is 0 Å². The number of hydrogen-bond acceptors (Lipinski definition) is 4. The van der Waals surface area contributed by atoms with Crippen LogP contribution in [-0.2, 0) is 6.18 Å². The van der Waals surface area contributed by atoms with E-state index in [-0.39, 0.29) is 11.6 Å². The number of carbonyl (C=O) groups excluding carboxylic acids is 1. The van der Waals surface area contributed by atoms with Crippen molar-refractivity contribution in [3.63, 3.8) is 0 Å². The third-order valence-corrected chi connectivity index (χ3v) is 6.14. The molecule has 10 heteroatoms. The van der Waals surface area contributed by atoms with E-state index in [0.29, 0.717) is 22.8 Å². The highest BCUT2D eigenvalue weighted by atomic mass is 19.4. The Hall–Kier alpha value is -4.47. The molecule has 3 aromatic heterocycles. The Morgan fingerprint density at radius 2 is 1.81 bits per heavy atom. The van der Waals surface area contributed by atoms with Crippen molar-refractivity contribution in [2.45, 2.75) is 24.9 Å². The van der Waals surface area contributed by atoms with E-state index in [1.54, 1.807) is 30.7 Å². The molecular formula is C26H19F3N6O. The monoisotopic (exact) mass is 488 g/mol. The van der Waals surface area contributed by atoms with E-state index >= 15 is 0 Å². The van der Waals surface area contributed by atoms with E-state index in [1.165, 1.54) is 16.9 Å². The number of hydrogen-bond donors (Lipinski definition) is 1. The molecule has 0 radical (unpaired) electrons. The van der Waals surface area contributed by atoms with Gasteiger partial charge in [0.25, 0.3) is 5.91 Å². The number of halogens is 3. The summed E-state index contributed by atoms with van der Waals surface area (Å²) in [6, 6.07) is 16.2. The van der Waals surface area contributed by atoms with Gasteiger partial charge in [0.2, 0.25) is 0 Å². The molecule has 0 atom stereocenters. The highest BCUT2D eigenvalue weighted by Gasteiger charge is 2.34. The van der Waals surface area contributed by atoms with Crippen LogP contribution in [0.5, 0.6) is 0 Å². The van der Waals surface area contributed by atoms with Crippen LogP contribution in [0, 0.1) is 0 Å². The van der Waals surface area contributed by atoms with Gasteiger partial charge in [-0.15, -0.1) is 0 Å². The standard InChI is InChI=1S/C26H19F3N6O/c27-26(28,29)17-4-3-5-19(12-17)35-24(16-8-9-16)20(14-32-35)25(36)33-18-10-11-23(30-13-18)34-15-31-21-6-1-2-7-22(21)34/h1-7,10-16H,8-9H2,(H,33,36). The lowest BCUT2D eigenvalue weighted by atomic mass is 10.1. The van der Waals surface area contributed by atoms with Crippen molar-refractivity contribution in [2.75, 3.05) is 5.32 Å². The van der Waals surface area contributed by atoms with Crippen LogP contribution in [0.25, 0.3) is 22.5 Å². The van der Waals surface area contributed by atoms with Crippen molar-refractivity contribution >= 4 is 22.6 Å². The smallest absolute Gasteiger partial charge is 0.320 e. The summed E-state index contributed by atoms with van der Waals surface area (Å²) in [5.74, 6) is 0.327. The molecule has 0 bridgehead atoms. The molecule has 0 aliphatic heterocycles. The maximum Gasteiger partial charge on any atom is 0.416 e. The molecule has 7 nitrogen and oxygen atoms in total. The third kappa shape index (κ3) is 4.00. The third-order valence-electron chi connectivity index (χ3n) is 6.14. The molecule has 1 N–H and O–H groups in total. The summed E-state index contributed by atoms with van der Waals surface area (Å²) >= 11 is 0. The van der Waals surface area contributed by atoms with Crippen LogP contribution >= 0.6 is 0 Å². The first-order chi connectivity index (χ1) is 17.4. The normalized spacial score (nSPS) is 13.8. The van der Waals surface area contributed by atoms with Crippen LogP contribution in [0.4, 0.5) is 18.9 Å². The van der Waals surface area contributed by atoms with E-state index in [0.717, 1.165) is 36.0 Å². The number of para-hydroxylation sites is 2. The summed E-state index contributed by atoms with van der Waals surface area (Å²) < 4.78 is 43.0. The Morgan fingerprint density at radius 3 is 2.56 bits per heavy atom. The van der Waals surface area contributed by atoms with E-state index in [4.69, 9.17) is 0 Å². The minimum absolute atomic E-state index is 0.0674. The summed E-state index contributed by atoms with van der Waals surface area (Å²) in [7, 11) is 0. The fourth-order valence-electron chi connectivity index (χ4n) is 4.24. The Kier molecular flexibility index (Phi) is 5.10. The topological polar surface area (TPSA) is 77.6 Å². The molecule has 0 saturated heterocycles. The number of anilines is 1. The number of nitrogens with one attached hydrogen (secondary N) is 1. The molecule has 36 heavy (non-hydrogen) atoms. The van der Waals surface area contributed by atoms with E-state index < -0.39 is 17.6 Å². The van der Waals surface area contributed by atoms with Crippen LogP contribution < -0.4 is 5.32 Å². The molecule has 0 spiro atoms. The van der Waals surface area contributed by atoms with Crippen molar-refractivity contribution in [3.8, 4) is 11.5 Å². The highest BCUT2D eigenvalue weighted by Crippen LogP contribution is 2.43. The number of benzene rings is 2. The molecule has 3 heterocycles. The Labute approximate surface area is 203 Å². The van der Waals surface area contributed by atoms with E-state index in [9.17, 15) is 18.0 Å². The van der Waals surface area contributed by atoms with Gasteiger partial charge in [0.1, 0.15) is 12.1 Å². The number of nitrogens with zero attached hydrogens (tertiary/aromatic N) is 5. The summed E-state index contributed by atoms with van der Waals surface area (Å²) in [6.45, 7) is 0. The van der Waals surface area contributed by atoms with Crippen molar-refractivity contribution in [3.05, 3.63) is 96.2 Å². The first-order valence-electron chi connectivity index (χ1n) is 11.3. The van der Waals surface area contributed by atoms with Crippen LogP contribution in [0.3, 0.4) is 0 Å². The summed E-state index contributed by atoms with van der Waals surface area (Å²) in [5, 5.41) is 7.10. The summed E-state index contributed by atoms with van der Waals surface area (Å²) in [4.78, 5) is 22.0. The van der Waals surface area contributed by atoms with Gasteiger partial charge in [-0.05, 0) is 55.3 Å². The van der Waals surface area contributed by atoms with Crippen molar-refractivity contribution < 1.29 is 18.0 Å². The molecule has 0 unspecified atom stereocenters. The number of aromatic nitrogens is 5. The molecule has 1 aliphatic rings. The number of carbonyl (C=O) groups is 1. The molecule has 1 amide bonds. The van der Waals surface area contributed by atoms with Gasteiger partial charge in [-0.3, -0.25) is 9.36 Å². The quantitative estimate of drug-likeness (QED) is 0.342. The number of alkyl halides is 3. The van der Waals surface area contributed by atoms with Gasteiger partial charge in [-0.1, -0.05) is 18.2 Å². The second-order valence-electron chi connectivity index (χ2n) is 8.64. The first kappa shape index (κ1) is 22.0. The van der Waals surface area contributed by atoms with Gasteiger partial charge in [-0.2, -0.15) is 18.3 Å². The number of amides is 1. The molecule has 1 fully saturated rings. The van der Waals surface area contributed by atoms with Gasteiger partial charge in [0.05, 0.1) is 51.6 Å². The van der Waals surface area contributed by atoms with Gasteiger partial charge in [0, 0.05) is 5.92 Å². The SMILES string of the molecule is O=C(Nc1ccc(-n2cnc3ccccc32)nc1)c1cnn(-c2cccc(C(F)(F)F)c2)c1C1CC1. The number of imidazole rings is 1. The second kappa shape index (κ2) is 8.33. The van der Waals surface area contributed by atoms with Crippen molar-refractivity contribution in [1.82, 2.24) is 24.3 Å². The second-order valence-corrected chi connectivity index (χ2v) is 8.64. The van der Waals surface area contributed by atoms with Gasteiger partial charge < -0.3 is 5.32 Å². The average Bonchev–Trinajstić information content (AvgIpc) is 3.46. The molecule has 180 valence electrons. The van der Waals surface area contributed by atoms with Crippen molar-refractivity contribution in [1.29, 1.82) is 0 Å². The molecule has 5 aromatic rings. The maximum atomic E-state index is 13.2. The fourth-order valence-corrected chi connectivity index (χ4v) is 4.24. The average molecular weight is 488 g/mol. The molecule has 1 saturated carbocycles. The van der Waals surface area contributed by atoms with Gasteiger partial charge in [-0.25, -0.2) is 14.6 Å². The minimum Gasteiger partial charge on any atom is -0.320 e. The Bertz CT molecular complexity index is 1580. The number of pyridine rings is 1. The van der Waals surface area contributed by atoms with Gasteiger partial charge >= 0.3 is 6.18 Å². The zero-order chi connectivity index (χ0) is 24.9. The van der Waals surface area contributed by atoms with Crippen LogP contribution in [0.1, 0.15) is 40.4 Å². The lowest BCUT2D eigenvalue weighted by Crippen LogP contribution is -2.15. The summed E-state index contributed by atoms with van der Waals surface area (Å²) in [5.41, 5.74) is 2.70. The molecule has 1 aliphatic carbocycles. The Balaban J connectivity index is 1.27. The summed E-state index contributed by atoms with van der Waals surface area (Å²) in [6.07, 6.45) is 1.87. The minimum atomic E-state index is -4.47. The molecule has 2 aromatic carbocycles. The fraction of sp³-hybridized carbons (Fsp3) is 0.154. The maximum absolute atomic E-state index is 13.2. The lowest BCUT2D eigenvalue weighted by molar-refractivity contribution is -0.137. The largest absolute Gasteiger partial charge is 0.416 e. The predicted molar refractivity (Wildman–Crippen MR) is 127 cm³/mol. The van der Waals surface area contributed by atoms with Crippen molar-refractivity contribution in [2.24, 2.45) is 0 Å². The zero-order valence-electron chi connectivity index (χ0n) is 18.8.